The van der Waals surface area contributed by atoms with E-state index in [-0.39, 0.29) is 23.8 Å². The first kappa shape index (κ1) is 23.2. The largest absolute Gasteiger partial charge is 0.468 e. The van der Waals surface area contributed by atoms with Gasteiger partial charge in [-0.15, -0.1) is 11.8 Å². The number of nitrogens with two attached hydrogens (primary N) is 1. The third-order valence-electron chi connectivity index (χ3n) is 4.26. The Kier molecular flexibility index (Phi) is 7.65. The van der Waals surface area contributed by atoms with Gasteiger partial charge in [-0.2, -0.15) is 4.99 Å². The minimum atomic E-state index is -3.88. The fourth-order valence-electron chi connectivity index (χ4n) is 2.75. The number of methoxy groups -OCH3 is 1. The molecule has 0 aliphatic rings. The number of esters is 1. The van der Waals surface area contributed by atoms with Crippen LogP contribution in [0.25, 0.3) is 10.2 Å². The lowest BCUT2D eigenvalue weighted by molar-refractivity contribution is -0.141. The van der Waals surface area contributed by atoms with E-state index in [2.05, 4.69) is 4.99 Å². The number of sulfonamides is 1. The Bertz CT molecular complexity index is 1260. The second kappa shape index (κ2) is 10.2. The van der Waals surface area contributed by atoms with Crippen LogP contribution in [0.3, 0.4) is 0 Å². The molecule has 0 fully saturated rings. The molecule has 31 heavy (non-hydrogen) atoms. The number of amides is 1. The second-order valence-electron chi connectivity index (χ2n) is 6.49. The summed E-state index contributed by atoms with van der Waals surface area (Å²) in [6.45, 7) is -0.152. The molecule has 164 valence electrons. The van der Waals surface area contributed by atoms with E-state index in [1.165, 1.54) is 29.9 Å². The van der Waals surface area contributed by atoms with E-state index in [4.69, 9.17) is 9.88 Å². The molecule has 1 amide bonds. The van der Waals surface area contributed by atoms with Crippen molar-refractivity contribution < 1.29 is 22.7 Å². The molecule has 2 N–H and O–H groups in total. The second-order valence-corrected chi connectivity index (χ2v) is 10.2. The minimum Gasteiger partial charge on any atom is -0.468 e. The number of primary sulfonamides is 1. The summed E-state index contributed by atoms with van der Waals surface area (Å²) < 4.78 is 30.1. The van der Waals surface area contributed by atoms with E-state index in [1.54, 1.807) is 11.8 Å². The molecule has 3 rings (SSSR count). The number of carbonyl (C=O) groups is 2. The third-order valence-corrected chi connectivity index (χ3v) is 7.32. The van der Waals surface area contributed by atoms with Crippen LogP contribution < -0.4 is 9.94 Å². The fraction of sp³-hybridized carbons (Fsp3) is 0.250. The van der Waals surface area contributed by atoms with E-state index in [1.807, 2.05) is 30.3 Å². The molecule has 0 aliphatic carbocycles. The monoisotopic (exact) mass is 479 g/mol. The molecular weight excluding hydrogens is 458 g/mol. The molecule has 2 aromatic carbocycles. The van der Waals surface area contributed by atoms with Gasteiger partial charge in [0.15, 0.2) is 4.80 Å². The van der Waals surface area contributed by atoms with Crippen LogP contribution in [0.15, 0.2) is 63.3 Å². The molecule has 1 aromatic heterocycles. The molecule has 1 heterocycles. The standard InChI is InChI=1S/C20H21N3O5S3/c1-28-19(25)13-23-16-10-9-15(31(21,26)27)12-17(16)30-20(23)22-18(24)8-5-11-29-14-6-3-2-4-7-14/h2-4,6-7,9-10,12H,5,8,11,13H2,1H3,(H2,21,26,27). The molecular formula is C20H21N3O5S3. The third kappa shape index (κ3) is 6.26. The normalized spacial score (nSPS) is 12.3. The maximum absolute atomic E-state index is 12.4. The number of hydrogen-bond acceptors (Lipinski definition) is 7. The summed E-state index contributed by atoms with van der Waals surface area (Å²) in [4.78, 5) is 29.8. The van der Waals surface area contributed by atoms with Gasteiger partial charge < -0.3 is 9.30 Å². The molecule has 0 bridgehead atoms. The van der Waals surface area contributed by atoms with Crippen molar-refractivity contribution in [3.8, 4) is 0 Å². The van der Waals surface area contributed by atoms with Crippen LogP contribution in [0.2, 0.25) is 0 Å². The zero-order valence-electron chi connectivity index (χ0n) is 16.7. The highest BCUT2D eigenvalue weighted by Crippen LogP contribution is 2.22. The smallest absolute Gasteiger partial charge is 0.325 e. The fourth-order valence-corrected chi connectivity index (χ4v) is 5.33. The summed E-state index contributed by atoms with van der Waals surface area (Å²) in [6.07, 6.45) is 0.911. The van der Waals surface area contributed by atoms with Crippen molar-refractivity contribution in [2.24, 2.45) is 10.1 Å². The van der Waals surface area contributed by atoms with Crippen LogP contribution in [-0.2, 0) is 30.9 Å². The van der Waals surface area contributed by atoms with Gasteiger partial charge in [0.25, 0.3) is 0 Å². The van der Waals surface area contributed by atoms with Crippen molar-refractivity contribution >= 4 is 55.2 Å². The van der Waals surface area contributed by atoms with Gasteiger partial charge in [0, 0.05) is 11.3 Å². The van der Waals surface area contributed by atoms with E-state index in [0.29, 0.717) is 21.4 Å². The minimum absolute atomic E-state index is 0.0534. The van der Waals surface area contributed by atoms with Gasteiger partial charge in [-0.05, 0) is 42.5 Å². The van der Waals surface area contributed by atoms with Gasteiger partial charge in [-0.1, -0.05) is 29.5 Å². The SMILES string of the molecule is COC(=O)Cn1c(=NC(=O)CCCSc2ccccc2)sc2cc(S(N)(=O)=O)ccc21. The summed E-state index contributed by atoms with van der Waals surface area (Å²) in [5.41, 5.74) is 0.564. The van der Waals surface area contributed by atoms with Crippen LogP contribution >= 0.6 is 23.1 Å². The summed E-state index contributed by atoms with van der Waals surface area (Å²) >= 11 is 2.78. The quantitative estimate of drug-likeness (QED) is 0.301. The van der Waals surface area contributed by atoms with Crippen molar-refractivity contribution in [1.82, 2.24) is 4.57 Å². The number of carbonyl (C=O) groups excluding carboxylic acids is 2. The van der Waals surface area contributed by atoms with Crippen LogP contribution in [0.1, 0.15) is 12.8 Å². The lowest BCUT2D eigenvalue weighted by Crippen LogP contribution is -2.22. The van der Waals surface area contributed by atoms with E-state index in [9.17, 15) is 18.0 Å². The molecule has 0 unspecified atom stereocenters. The van der Waals surface area contributed by atoms with Crippen molar-refractivity contribution in [3.63, 3.8) is 0 Å². The zero-order valence-corrected chi connectivity index (χ0v) is 19.1. The number of nitrogens with zero attached hydrogens (tertiary/aromatic N) is 2. The number of thiazole rings is 1. The molecule has 3 aromatic rings. The molecule has 0 radical (unpaired) electrons. The Hall–Kier alpha value is -2.47. The molecule has 0 atom stereocenters. The molecule has 0 spiro atoms. The van der Waals surface area contributed by atoms with Crippen molar-refractivity contribution in [3.05, 3.63) is 53.3 Å². The first-order valence-electron chi connectivity index (χ1n) is 9.26. The average molecular weight is 480 g/mol. The molecule has 11 heteroatoms. The number of hydrogen-bond donors (Lipinski definition) is 1. The van der Waals surface area contributed by atoms with Crippen LogP contribution in [0.5, 0.6) is 0 Å². The number of benzene rings is 2. The lowest BCUT2D eigenvalue weighted by atomic mass is 10.3. The Labute approximate surface area is 187 Å². The summed E-state index contributed by atoms with van der Waals surface area (Å²) in [7, 11) is -2.61. The number of fused-ring (bicyclic) bond motifs is 1. The maximum Gasteiger partial charge on any atom is 0.325 e. The van der Waals surface area contributed by atoms with Crippen LogP contribution in [0.4, 0.5) is 0 Å². The van der Waals surface area contributed by atoms with Gasteiger partial charge >= 0.3 is 5.97 Å². The lowest BCUT2D eigenvalue weighted by Gasteiger charge is -2.04. The Morgan fingerprint density at radius 2 is 1.94 bits per heavy atom. The summed E-state index contributed by atoms with van der Waals surface area (Å²) in [6, 6.07) is 14.2. The van der Waals surface area contributed by atoms with Gasteiger partial charge in [0.05, 0.1) is 22.2 Å². The predicted molar refractivity (Wildman–Crippen MR) is 120 cm³/mol. The first-order valence-corrected chi connectivity index (χ1v) is 12.6. The Morgan fingerprint density at radius 3 is 2.61 bits per heavy atom. The number of rotatable bonds is 8. The number of thioether (sulfide) groups is 1. The van der Waals surface area contributed by atoms with Crippen molar-refractivity contribution in [1.29, 1.82) is 0 Å². The molecule has 0 aliphatic heterocycles. The van der Waals surface area contributed by atoms with Gasteiger partial charge in [-0.3, -0.25) is 9.59 Å². The molecule has 8 nitrogen and oxygen atoms in total. The highest BCUT2D eigenvalue weighted by molar-refractivity contribution is 7.99. The van der Waals surface area contributed by atoms with Gasteiger partial charge in [-0.25, -0.2) is 13.6 Å². The summed E-state index contributed by atoms with van der Waals surface area (Å²) in [5.74, 6) is -0.0497. The van der Waals surface area contributed by atoms with Crippen LogP contribution in [0, 0.1) is 0 Å². The van der Waals surface area contributed by atoms with Gasteiger partial charge in [0.1, 0.15) is 6.54 Å². The first-order chi connectivity index (χ1) is 14.8. The van der Waals surface area contributed by atoms with E-state index >= 15 is 0 Å². The zero-order chi connectivity index (χ0) is 22.4. The van der Waals surface area contributed by atoms with Crippen molar-refractivity contribution in [2.45, 2.75) is 29.2 Å². The number of ether oxygens (including phenoxy) is 1. The number of aromatic nitrogens is 1. The van der Waals surface area contributed by atoms with E-state index in [0.717, 1.165) is 22.0 Å². The highest BCUT2D eigenvalue weighted by Gasteiger charge is 2.15. The summed E-state index contributed by atoms with van der Waals surface area (Å²) in [5, 5.41) is 5.20. The highest BCUT2D eigenvalue weighted by atomic mass is 32.2. The van der Waals surface area contributed by atoms with Gasteiger partial charge in [0.2, 0.25) is 15.9 Å². The Morgan fingerprint density at radius 1 is 1.19 bits per heavy atom. The van der Waals surface area contributed by atoms with Crippen molar-refractivity contribution in [2.75, 3.05) is 12.9 Å². The predicted octanol–water partition coefficient (Wildman–Crippen LogP) is 2.52. The van der Waals surface area contributed by atoms with Crippen LogP contribution in [-0.4, -0.2) is 37.7 Å². The topological polar surface area (TPSA) is 121 Å². The molecule has 0 saturated heterocycles. The maximum atomic E-state index is 12.4. The van der Waals surface area contributed by atoms with E-state index < -0.39 is 16.0 Å². The Balaban J connectivity index is 1.82. The molecule has 0 saturated carbocycles. The average Bonchev–Trinajstić information content (AvgIpc) is 3.07.